The van der Waals surface area contributed by atoms with E-state index in [1.807, 2.05) is 39.8 Å². The quantitative estimate of drug-likeness (QED) is 0.102. The Morgan fingerprint density at radius 2 is 1.38 bits per heavy atom. The summed E-state index contributed by atoms with van der Waals surface area (Å²) in [6.07, 6.45) is 11.2. The van der Waals surface area contributed by atoms with Crippen LogP contribution in [0.3, 0.4) is 0 Å². The number of ketones is 1. The summed E-state index contributed by atoms with van der Waals surface area (Å²) >= 11 is 0. The number of Topliss-reactive ketones (excluding diaryl/α,β-unsaturated/α-hetero) is 1. The van der Waals surface area contributed by atoms with E-state index in [0.717, 1.165) is 48.8 Å². The number of hydrogen-bond donors (Lipinski definition) is 0. The summed E-state index contributed by atoms with van der Waals surface area (Å²) in [4.78, 5) is 26.2. The monoisotopic (exact) mass is 462 g/mol. The van der Waals surface area contributed by atoms with Crippen molar-refractivity contribution in [3.63, 3.8) is 0 Å². The molecule has 4 nitrogen and oxygen atoms in total. The average Bonchev–Trinajstić information content (AvgIpc) is 2.74. The van der Waals surface area contributed by atoms with Gasteiger partial charge in [0.25, 0.3) is 0 Å². The first-order chi connectivity index (χ1) is 15.3. The lowest BCUT2D eigenvalue weighted by Crippen LogP contribution is -2.37. The van der Waals surface area contributed by atoms with E-state index in [-0.39, 0.29) is 20.7 Å². The van der Waals surface area contributed by atoms with Crippen LogP contribution in [0.25, 0.3) is 0 Å². The minimum atomic E-state index is -1.29. The molecule has 0 aromatic heterocycles. The minimum absolute atomic E-state index is 0.0843. The molecule has 0 heterocycles. The normalized spacial score (nSPS) is 13.2. The van der Waals surface area contributed by atoms with Crippen LogP contribution in [0.4, 0.5) is 0 Å². The lowest BCUT2D eigenvalue weighted by Gasteiger charge is -2.25. The van der Waals surface area contributed by atoms with Gasteiger partial charge in [0.2, 0.25) is 0 Å². The van der Waals surface area contributed by atoms with E-state index in [2.05, 4.69) is 6.92 Å². The first kappa shape index (κ1) is 28.5. The van der Waals surface area contributed by atoms with Gasteiger partial charge in [-0.25, -0.2) is 0 Å². The Labute approximate surface area is 197 Å². The molecule has 0 N–H and O–H groups in total. The maximum absolute atomic E-state index is 13.2. The average molecular weight is 463 g/mol. The van der Waals surface area contributed by atoms with Crippen molar-refractivity contribution in [2.75, 3.05) is 6.61 Å². The fourth-order valence-electron chi connectivity index (χ4n) is 4.36. The number of hydrogen-bond acceptors (Lipinski definition) is 4. The summed E-state index contributed by atoms with van der Waals surface area (Å²) < 4.78 is 17.8. The highest BCUT2D eigenvalue weighted by atomic mass is 31.1. The third-order valence-electron chi connectivity index (χ3n) is 6.14. The van der Waals surface area contributed by atoms with Crippen LogP contribution >= 0.6 is 8.46 Å². The third-order valence-corrected chi connectivity index (χ3v) is 7.05. The Balaban J connectivity index is 2.74. The Bertz CT molecular complexity index is 720. The van der Waals surface area contributed by atoms with Gasteiger partial charge in [0.15, 0.2) is 19.4 Å². The predicted molar refractivity (Wildman–Crippen MR) is 133 cm³/mol. The molecule has 1 aromatic carbocycles. The van der Waals surface area contributed by atoms with Gasteiger partial charge in [0.05, 0.1) is 6.61 Å². The second kappa shape index (κ2) is 15.3. The Kier molecular flexibility index (Phi) is 13.6. The molecule has 1 rings (SSSR count). The van der Waals surface area contributed by atoms with Crippen LogP contribution in [-0.2, 0) is 14.1 Å². The van der Waals surface area contributed by atoms with E-state index in [4.69, 9.17) is 4.74 Å². The first-order valence-corrected chi connectivity index (χ1v) is 13.2. The molecule has 0 saturated carbocycles. The molecule has 1 atom stereocenters. The lowest BCUT2D eigenvalue weighted by atomic mass is 9.88. The van der Waals surface area contributed by atoms with Crippen LogP contribution in [0.15, 0.2) is 12.1 Å². The molecule has 0 fully saturated rings. The molecule has 180 valence electrons. The van der Waals surface area contributed by atoms with Gasteiger partial charge in [0.1, 0.15) is 0 Å². The van der Waals surface area contributed by atoms with E-state index in [1.54, 1.807) is 0 Å². The number of carbonyl (C=O) groups is 2. The molecule has 0 aliphatic rings. The van der Waals surface area contributed by atoms with Crippen molar-refractivity contribution in [1.29, 1.82) is 0 Å². The number of unbranched alkanes of at least 4 members (excludes halogenated alkanes) is 8. The lowest BCUT2D eigenvalue weighted by molar-refractivity contribution is -0.147. The van der Waals surface area contributed by atoms with Gasteiger partial charge in [-0.3, -0.25) is 14.2 Å². The van der Waals surface area contributed by atoms with Crippen LogP contribution in [-0.4, -0.2) is 23.5 Å². The fraction of sp³-hybridized carbons (Fsp3) is 0.704. The summed E-state index contributed by atoms with van der Waals surface area (Å²) in [7, 11) is -0.329. The van der Waals surface area contributed by atoms with Gasteiger partial charge in [-0.1, -0.05) is 89.3 Å². The first-order valence-electron chi connectivity index (χ1n) is 12.4. The molecule has 0 bridgehead atoms. The molecule has 0 radical (unpaired) electrons. The molecule has 0 spiro atoms. The van der Waals surface area contributed by atoms with Crippen molar-refractivity contribution >= 4 is 20.2 Å². The molecule has 0 aliphatic heterocycles. The summed E-state index contributed by atoms with van der Waals surface area (Å²) in [5.74, 6) is -0.634. The number of benzene rings is 1. The summed E-state index contributed by atoms with van der Waals surface area (Å²) in [6.45, 7) is 10.4. The number of aryl methyl sites for hydroxylation is 3. The highest BCUT2D eigenvalue weighted by Crippen LogP contribution is 2.37. The van der Waals surface area contributed by atoms with E-state index in [9.17, 15) is 14.2 Å². The van der Waals surface area contributed by atoms with Crippen LogP contribution < -0.4 is 0 Å². The zero-order valence-electron chi connectivity index (χ0n) is 20.9. The van der Waals surface area contributed by atoms with Crippen LogP contribution in [0.5, 0.6) is 0 Å². The van der Waals surface area contributed by atoms with Gasteiger partial charge in [-0.15, -0.1) is 0 Å². The van der Waals surface area contributed by atoms with E-state index in [1.165, 1.54) is 32.1 Å². The number of esters is 1. The summed E-state index contributed by atoms with van der Waals surface area (Å²) in [5.41, 5.74) is 3.52. The van der Waals surface area contributed by atoms with E-state index < -0.39 is 11.1 Å². The van der Waals surface area contributed by atoms with Crippen LogP contribution in [0.1, 0.15) is 118 Å². The molecular formula is C27H43O4P. The smallest absolute Gasteiger partial charge is 0.324 e. The molecule has 5 heteroatoms. The zero-order valence-corrected chi connectivity index (χ0v) is 21.8. The van der Waals surface area contributed by atoms with E-state index >= 15 is 0 Å². The fourth-order valence-corrected chi connectivity index (χ4v) is 4.95. The van der Waals surface area contributed by atoms with Crippen LogP contribution in [0.2, 0.25) is 0 Å². The van der Waals surface area contributed by atoms with Crippen molar-refractivity contribution < 1.29 is 18.9 Å². The van der Waals surface area contributed by atoms with E-state index in [0.29, 0.717) is 18.6 Å². The maximum Gasteiger partial charge on any atom is 0.324 e. The van der Waals surface area contributed by atoms with Gasteiger partial charge in [-0.2, -0.15) is 0 Å². The van der Waals surface area contributed by atoms with Crippen molar-refractivity contribution in [2.24, 2.45) is 0 Å². The minimum Gasteiger partial charge on any atom is -0.465 e. The molecule has 0 aliphatic carbocycles. The van der Waals surface area contributed by atoms with Crippen molar-refractivity contribution in [3.8, 4) is 0 Å². The summed E-state index contributed by atoms with van der Waals surface area (Å²) in [6, 6.07) is 3.95. The molecule has 0 amide bonds. The van der Waals surface area contributed by atoms with Gasteiger partial charge in [0, 0.05) is 12.0 Å². The van der Waals surface area contributed by atoms with Gasteiger partial charge in [-0.05, 0) is 44.7 Å². The highest BCUT2D eigenvalue weighted by molar-refractivity contribution is 7.28. The highest BCUT2D eigenvalue weighted by Gasteiger charge is 2.43. The van der Waals surface area contributed by atoms with Gasteiger partial charge < -0.3 is 4.74 Å². The Hall–Kier alpha value is -1.54. The molecular weight excluding hydrogens is 419 g/mol. The Morgan fingerprint density at radius 3 is 1.91 bits per heavy atom. The van der Waals surface area contributed by atoms with Gasteiger partial charge >= 0.3 is 5.97 Å². The van der Waals surface area contributed by atoms with Crippen molar-refractivity contribution in [3.05, 3.63) is 34.4 Å². The summed E-state index contributed by atoms with van der Waals surface area (Å²) in [5, 5.41) is -1.29. The SMILES string of the molecule is CCCCCCCCCCOC(=O)C(CCCC)(CC(=O)c1c(C)cc(C)cc1C)P=O. The Morgan fingerprint density at radius 1 is 0.844 bits per heavy atom. The topological polar surface area (TPSA) is 60.4 Å². The predicted octanol–water partition coefficient (Wildman–Crippen LogP) is 8.09. The second-order valence-corrected chi connectivity index (χ2v) is 10.2. The molecule has 32 heavy (non-hydrogen) atoms. The standard InChI is InChI=1S/C27H43O4P/c1-6-8-10-11-12-13-14-15-17-31-26(29)27(32-30,16-9-7-2)20-24(28)25-22(4)18-21(3)19-23(25)5/h18-19H,6-17,20H2,1-5H3. The second-order valence-electron chi connectivity index (χ2n) is 9.21. The zero-order chi connectivity index (χ0) is 24.0. The molecule has 1 aromatic rings. The molecule has 0 saturated heterocycles. The number of rotatable bonds is 17. The maximum atomic E-state index is 13.2. The number of carbonyl (C=O) groups excluding carboxylic acids is 2. The van der Waals surface area contributed by atoms with Crippen LogP contribution in [0, 0.1) is 20.8 Å². The molecule has 1 unspecified atom stereocenters. The number of ether oxygens (including phenoxy) is 1. The third kappa shape index (κ3) is 9.14. The largest absolute Gasteiger partial charge is 0.465 e. The van der Waals surface area contributed by atoms with Crippen molar-refractivity contribution in [2.45, 2.75) is 117 Å². The van der Waals surface area contributed by atoms with Crippen molar-refractivity contribution in [1.82, 2.24) is 0 Å².